The molecule has 110 valence electrons. The maximum absolute atomic E-state index is 13.5. The van der Waals surface area contributed by atoms with E-state index in [0.717, 1.165) is 12.3 Å². The minimum Gasteiger partial charge on any atom is -0.409 e. The fourth-order valence-electron chi connectivity index (χ4n) is 1.51. The van der Waals surface area contributed by atoms with Crippen molar-refractivity contribution in [2.45, 2.75) is 0 Å². The van der Waals surface area contributed by atoms with E-state index in [0.29, 0.717) is 6.07 Å². The van der Waals surface area contributed by atoms with Gasteiger partial charge in [0.15, 0.2) is 23.3 Å². The lowest BCUT2D eigenvalue weighted by atomic mass is 10.2. The average Bonchev–Trinajstić information content (AvgIpc) is 2.92. The molecule has 5 N–H and O–H groups in total. The highest BCUT2D eigenvalue weighted by Crippen LogP contribution is 2.17. The van der Waals surface area contributed by atoms with Crippen LogP contribution < -0.4 is 11.1 Å². The minimum absolute atomic E-state index is 0.0360. The van der Waals surface area contributed by atoms with Crippen molar-refractivity contribution in [1.29, 1.82) is 0 Å². The second kappa shape index (κ2) is 5.53. The number of anilines is 1. The van der Waals surface area contributed by atoms with Crippen LogP contribution in [0.3, 0.4) is 0 Å². The highest BCUT2D eigenvalue weighted by molar-refractivity contribution is 6.09. The quantitative estimate of drug-likeness (QED) is 0.224. The minimum atomic E-state index is -1.76. The predicted molar refractivity (Wildman–Crippen MR) is 65.4 cm³/mol. The number of carbonyl (C=O) groups excluding carboxylic acids is 1. The fraction of sp³-hybridized carbons (Fsp3) is 0. The fourth-order valence-corrected chi connectivity index (χ4v) is 1.51. The van der Waals surface area contributed by atoms with Crippen molar-refractivity contribution >= 4 is 17.6 Å². The van der Waals surface area contributed by atoms with Crippen molar-refractivity contribution in [3.05, 3.63) is 46.9 Å². The van der Waals surface area contributed by atoms with Crippen LogP contribution in [-0.4, -0.2) is 27.1 Å². The summed E-state index contributed by atoms with van der Waals surface area (Å²) in [5, 5.41) is 19.3. The largest absolute Gasteiger partial charge is 0.409 e. The van der Waals surface area contributed by atoms with Crippen LogP contribution in [0.1, 0.15) is 15.9 Å². The Bertz CT molecular complexity index is 729. The highest BCUT2D eigenvalue weighted by atomic mass is 19.2. The first-order valence-electron chi connectivity index (χ1n) is 5.41. The Morgan fingerprint density at radius 3 is 2.67 bits per heavy atom. The van der Waals surface area contributed by atoms with Gasteiger partial charge in [0.1, 0.15) is 5.82 Å². The first-order valence-corrected chi connectivity index (χ1v) is 5.41. The molecule has 1 aromatic heterocycles. The topological polar surface area (TPSA) is 116 Å². The van der Waals surface area contributed by atoms with Gasteiger partial charge in [0.25, 0.3) is 5.91 Å². The molecule has 0 bridgehead atoms. The van der Waals surface area contributed by atoms with E-state index in [2.05, 4.69) is 20.7 Å². The summed E-state index contributed by atoms with van der Waals surface area (Å²) in [6.07, 6.45) is 1.15. The summed E-state index contributed by atoms with van der Waals surface area (Å²) < 4.78 is 39.3. The number of benzene rings is 1. The van der Waals surface area contributed by atoms with E-state index < -0.39 is 28.9 Å². The maximum Gasteiger partial charge on any atom is 0.259 e. The second-order valence-corrected chi connectivity index (χ2v) is 3.82. The Balaban J connectivity index is 2.32. The van der Waals surface area contributed by atoms with Gasteiger partial charge in [-0.05, 0) is 12.1 Å². The third kappa shape index (κ3) is 2.63. The van der Waals surface area contributed by atoms with Gasteiger partial charge in [-0.2, -0.15) is 5.10 Å². The van der Waals surface area contributed by atoms with E-state index in [-0.39, 0.29) is 17.2 Å². The zero-order valence-electron chi connectivity index (χ0n) is 10.2. The molecular formula is C11H8F3N5O2. The first-order chi connectivity index (χ1) is 9.95. The maximum atomic E-state index is 13.5. The molecular weight excluding hydrogens is 291 g/mol. The van der Waals surface area contributed by atoms with Crippen LogP contribution in [0.25, 0.3) is 0 Å². The number of carbonyl (C=O) groups is 1. The summed E-state index contributed by atoms with van der Waals surface area (Å²) in [5.41, 5.74) is 4.65. The molecule has 2 aromatic rings. The Labute approximate surface area is 115 Å². The van der Waals surface area contributed by atoms with Gasteiger partial charge in [-0.25, -0.2) is 13.2 Å². The number of H-pyrrole nitrogens is 1. The molecule has 21 heavy (non-hydrogen) atoms. The summed E-state index contributed by atoms with van der Waals surface area (Å²) >= 11 is 0. The molecule has 0 aliphatic carbocycles. The highest BCUT2D eigenvalue weighted by Gasteiger charge is 2.20. The molecule has 0 unspecified atom stereocenters. The van der Waals surface area contributed by atoms with E-state index in [9.17, 15) is 18.0 Å². The number of rotatable bonds is 3. The molecule has 1 heterocycles. The molecule has 7 nitrogen and oxygen atoms in total. The van der Waals surface area contributed by atoms with Gasteiger partial charge in [-0.15, -0.1) is 0 Å². The Hall–Kier alpha value is -3.04. The molecule has 0 aliphatic heterocycles. The Kier molecular flexibility index (Phi) is 3.78. The molecule has 0 saturated carbocycles. The van der Waals surface area contributed by atoms with Crippen molar-refractivity contribution in [3.63, 3.8) is 0 Å². The van der Waals surface area contributed by atoms with E-state index in [1.807, 2.05) is 0 Å². The number of nitrogens with one attached hydrogen (secondary N) is 2. The zero-order valence-corrected chi connectivity index (χ0v) is 10.2. The first kappa shape index (κ1) is 14.4. The molecule has 10 heteroatoms. The molecule has 0 fully saturated rings. The third-order valence-electron chi connectivity index (χ3n) is 2.54. The number of nitrogens with zero attached hydrogens (tertiary/aromatic N) is 2. The Morgan fingerprint density at radius 2 is 2.00 bits per heavy atom. The average molecular weight is 299 g/mol. The van der Waals surface area contributed by atoms with Crippen molar-refractivity contribution in [2.24, 2.45) is 10.9 Å². The van der Waals surface area contributed by atoms with Crippen LogP contribution in [0, 0.1) is 17.5 Å². The SMILES string of the molecule is NC(=NO)c1cn[nH]c1NC(=O)c1ccc(F)c(F)c1F. The zero-order chi connectivity index (χ0) is 15.6. The lowest BCUT2D eigenvalue weighted by molar-refractivity contribution is 0.102. The lowest BCUT2D eigenvalue weighted by Gasteiger charge is -2.06. The molecule has 0 saturated heterocycles. The van der Waals surface area contributed by atoms with Crippen molar-refractivity contribution in [3.8, 4) is 0 Å². The van der Waals surface area contributed by atoms with Crippen molar-refractivity contribution in [1.82, 2.24) is 10.2 Å². The molecule has 0 aliphatic rings. The number of halogens is 3. The number of hydrogen-bond acceptors (Lipinski definition) is 4. The van der Waals surface area contributed by atoms with Gasteiger partial charge in [-0.1, -0.05) is 5.16 Å². The predicted octanol–water partition coefficient (Wildman–Crippen LogP) is 1.17. The summed E-state index contributed by atoms with van der Waals surface area (Å²) in [4.78, 5) is 11.8. The van der Waals surface area contributed by atoms with Crippen LogP contribution in [0.5, 0.6) is 0 Å². The van der Waals surface area contributed by atoms with Crippen LogP contribution in [0.4, 0.5) is 19.0 Å². The van der Waals surface area contributed by atoms with Crippen LogP contribution in [0.15, 0.2) is 23.5 Å². The number of aromatic nitrogens is 2. The van der Waals surface area contributed by atoms with Gasteiger partial charge in [0.05, 0.1) is 17.3 Å². The normalized spacial score (nSPS) is 11.5. The van der Waals surface area contributed by atoms with Gasteiger partial charge < -0.3 is 16.3 Å². The van der Waals surface area contributed by atoms with Gasteiger partial charge in [0.2, 0.25) is 0 Å². The molecule has 0 spiro atoms. The lowest BCUT2D eigenvalue weighted by Crippen LogP contribution is -2.19. The van der Waals surface area contributed by atoms with Gasteiger partial charge in [0, 0.05) is 0 Å². The van der Waals surface area contributed by atoms with E-state index in [1.54, 1.807) is 0 Å². The number of oxime groups is 1. The van der Waals surface area contributed by atoms with Crippen molar-refractivity contribution in [2.75, 3.05) is 5.32 Å². The molecule has 0 atom stereocenters. The molecule has 1 aromatic carbocycles. The van der Waals surface area contributed by atoms with E-state index >= 15 is 0 Å². The number of aromatic amines is 1. The standard InChI is InChI=1S/C11H8F3N5O2/c12-6-2-1-4(7(13)8(6)14)11(20)17-10-5(3-16-18-10)9(15)19-21/h1-3,21H,(H2,15,19)(H2,16,17,18,20). The number of nitrogens with two attached hydrogens (primary N) is 1. The number of hydrogen-bond donors (Lipinski definition) is 4. The smallest absolute Gasteiger partial charge is 0.259 e. The van der Waals surface area contributed by atoms with Crippen LogP contribution >= 0.6 is 0 Å². The van der Waals surface area contributed by atoms with Gasteiger partial charge in [-0.3, -0.25) is 9.89 Å². The second-order valence-electron chi connectivity index (χ2n) is 3.82. The molecule has 2 rings (SSSR count). The Morgan fingerprint density at radius 1 is 1.29 bits per heavy atom. The number of amidine groups is 1. The van der Waals surface area contributed by atoms with Crippen LogP contribution in [0.2, 0.25) is 0 Å². The van der Waals surface area contributed by atoms with Crippen molar-refractivity contribution < 1.29 is 23.2 Å². The van der Waals surface area contributed by atoms with E-state index in [1.165, 1.54) is 0 Å². The van der Waals surface area contributed by atoms with Gasteiger partial charge >= 0.3 is 0 Å². The summed E-state index contributed by atoms with van der Waals surface area (Å²) in [7, 11) is 0. The van der Waals surface area contributed by atoms with Crippen LogP contribution in [-0.2, 0) is 0 Å². The summed E-state index contributed by atoms with van der Waals surface area (Å²) in [6, 6.07) is 1.40. The summed E-state index contributed by atoms with van der Waals surface area (Å²) in [5.74, 6) is -6.32. The summed E-state index contributed by atoms with van der Waals surface area (Å²) in [6.45, 7) is 0. The monoisotopic (exact) mass is 299 g/mol. The third-order valence-corrected chi connectivity index (χ3v) is 2.54. The molecule has 1 amide bonds. The molecule has 0 radical (unpaired) electrons. The van der Waals surface area contributed by atoms with E-state index in [4.69, 9.17) is 10.9 Å². The number of amides is 1.